The van der Waals surface area contributed by atoms with Crippen molar-refractivity contribution in [2.45, 2.75) is 38.5 Å². The Morgan fingerprint density at radius 3 is 2.54 bits per heavy atom. The largest absolute Gasteiger partial charge is 0.477 e. The van der Waals surface area contributed by atoms with Crippen LogP contribution in [0.2, 0.25) is 0 Å². The monoisotopic (exact) mass is 338 g/mol. The molecule has 0 amide bonds. The first kappa shape index (κ1) is 18.7. The smallest absolute Gasteiger partial charge is 0.321 e. The van der Waals surface area contributed by atoms with Crippen molar-refractivity contribution < 1.29 is 14.2 Å². The molecule has 1 aliphatic rings. The van der Waals surface area contributed by atoms with Crippen LogP contribution in [0.15, 0.2) is 6.07 Å². The second-order valence-electron chi connectivity index (χ2n) is 6.04. The Balaban J connectivity index is 1.44. The van der Waals surface area contributed by atoms with Crippen molar-refractivity contribution in [2.24, 2.45) is 0 Å². The highest BCUT2D eigenvalue weighted by molar-refractivity contribution is 5.34. The number of nitrogens with two attached hydrogens (primary N) is 1. The van der Waals surface area contributed by atoms with Gasteiger partial charge < -0.3 is 19.9 Å². The molecule has 0 bridgehead atoms. The number of hydrogen-bond donors (Lipinski definition) is 1. The van der Waals surface area contributed by atoms with E-state index in [-0.39, 0.29) is 6.01 Å². The highest BCUT2D eigenvalue weighted by Gasteiger charge is 2.08. The molecule has 0 spiro atoms. The predicted octanol–water partition coefficient (Wildman–Crippen LogP) is 2.12. The van der Waals surface area contributed by atoms with Crippen LogP contribution < -0.4 is 15.2 Å². The summed E-state index contributed by atoms with van der Waals surface area (Å²) in [5.41, 5.74) is 5.67. The van der Waals surface area contributed by atoms with Gasteiger partial charge in [0.15, 0.2) is 0 Å². The van der Waals surface area contributed by atoms with Crippen LogP contribution in [0, 0.1) is 0 Å². The Kier molecular flexibility index (Phi) is 8.62. The van der Waals surface area contributed by atoms with Gasteiger partial charge in [-0.25, -0.2) is 0 Å². The Morgan fingerprint density at radius 1 is 1.08 bits per heavy atom. The van der Waals surface area contributed by atoms with Crippen LogP contribution in [0.25, 0.3) is 0 Å². The van der Waals surface area contributed by atoms with E-state index < -0.39 is 0 Å². The summed E-state index contributed by atoms with van der Waals surface area (Å²) in [4.78, 5) is 10.5. The number of anilines is 1. The van der Waals surface area contributed by atoms with Crippen LogP contribution >= 0.6 is 0 Å². The maximum absolute atomic E-state index is 5.67. The summed E-state index contributed by atoms with van der Waals surface area (Å²) >= 11 is 0. The van der Waals surface area contributed by atoms with E-state index in [0.29, 0.717) is 18.3 Å². The van der Waals surface area contributed by atoms with Gasteiger partial charge in [0.1, 0.15) is 5.82 Å². The first-order chi connectivity index (χ1) is 11.8. The summed E-state index contributed by atoms with van der Waals surface area (Å²) in [6.07, 6.45) is 7.33. The van der Waals surface area contributed by atoms with Gasteiger partial charge in [-0.05, 0) is 19.4 Å². The molecule has 0 aliphatic carbocycles. The Morgan fingerprint density at radius 2 is 1.79 bits per heavy atom. The number of methoxy groups -OCH3 is 1. The zero-order valence-electron chi connectivity index (χ0n) is 14.7. The van der Waals surface area contributed by atoms with Crippen molar-refractivity contribution in [3.05, 3.63) is 6.07 Å². The molecule has 0 atom stereocenters. The number of nitrogens with zero attached hydrogens (tertiary/aromatic N) is 3. The lowest BCUT2D eigenvalue weighted by atomic mass is 10.1. The fourth-order valence-electron chi connectivity index (χ4n) is 2.73. The molecule has 1 aromatic heterocycles. The van der Waals surface area contributed by atoms with Crippen LogP contribution in [0.3, 0.4) is 0 Å². The van der Waals surface area contributed by atoms with Gasteiger partial charge >= 0.3 is 6.01 Å². The summed E-state index contributed by atoms with van der Waals surface area (Å²) < 4.78 is 15.9. The number of nitrogen functional groups attached to an aromatic ring is 1. The average Bonchev–Trinajstić information content (AvgIpc) is 2.60. The molecule has 136 valence electrons. The van der Waals surface area contributed by atoms with Gasteiger partial charge in [-0.1, -0.05) is 25.7 Å². The Hall–Kier alpha value is -1.60. The number of hydrogen-bond acceptors (Lipinski definition) is 7. The maximum atomic E-state index is 5.67. The van der Waals surface area contributed by atoms with Crippen molar-refractivity contribution >= 4 is 5.82 Å². The highest BCUT2D eigenvalue weighted by Crippen LogP contribution is 2.15. The zero-order valence-corrected chi connectivity index (χ0v) is 14.7. The molecular formula is C17H30N4O3. The van der Waals surface area contributed by atoms with Crippen molar-refractivity contribution in [3.63, 3.8) is 0 Å². The van der Waals surface area contributed by atoms with Gasteiger partial charge in [0.2, 0.25) is 5.88 Å². The summed E-state index contributed by atoms with van der Waals surface area (Å²) in [5, 5.41) is 0. The van der Waals surface area contributed by atoms with E-state index in [4.69, 9.17) is 19.9 Å². The minimum Gasteiger partial charge on any atom is -0.477 e. The van der Waals surface area contributed by atoms with Gasteiger partial charge in [-0.2, -0.15) is 9.97 Å². The minimum atomic E-state index is 0.241. The van der Waals surface area contributed by atoms with Gasteiger partial charge in [0.25, 0.3) is 0 Å². The van der Waals surface area contributed by atoms with Crippen molar-refractivity contribution in [1.29, 1.82) is 0 Å². The van der Waals surface area contributed by atoms with E-state index in [0.717, 1.165) is 32.7 Å². The first-order valence-corrected chi connectivity index (χ1v) is 8.89. The molecule has 2 rings (SSSR count). The molecule has 2 heterocycles. The van der Waals surface area contributed by atoms with Gasteiger partial charge in [0, 0.05) is 19.2 Å². The number of unbranched alkanes of at least 4 members (excludes halogenated alkanes) is 5. The lowest BCUT2D eigenvalue weighted by molar-refractivity contribution is 0.0371. The summed E-state index contributed by atoms with van der Waals surface area (Å²) in [6.45, 7) is 5.83. The van der Waals surface area contributed by atoms with Crippen molar-refractivity contribution in [3.8, 4) is 11.9 Å². The fraction of sp³-hybridized carbons (Fsp3) is 0.765. The maximum Gasteiger partial charge on any atom is 0.321 e. The summed E-state index contributed by atoms with van der Waals surface area (Å²) in [6, 6.07) is 1.86. The number of rotatable bonds is 11. The van der Waals surface area contributed by atoms with Crippen LogP contribution in [0.1, 0.15) is 38.5 Å². The second kappa shape index (κ2) is 11.0. The zero-order chi connectivity index (χ0) is 17.0. The van der Waals surface area contributed by atoms with Crippen LogP contribution in [0.4, 0.5) is 5.82 Å². The van der Waals surface area contributed by atoms with Crippen molar-refractivity contribution in [2.75, 3.05) is 52.3 Å². The molecular weight excluding hydrogens is 308 g/mol. The normalized spacial score (nSPS) is 15.4. The molecule has 0 saturated carbocycles. The Labute approximate surface area is 144 Å². The molecule has 7 nitrogen and oxygen atoms in total. The lowest BCUT2D eigenvalue weighted by Crippen LogP contribution is -2.36. The molecule has 1 aromatic rings. The molecule has 0 aromatic carbocycles. The van der Waals surface area contributed by atoms with Crippen LogP contribution in [-0.4, -0.2) is 61.4 Å². The molecule has 1 saturated heterocycles. The predicted molar refractivity (Wildman–Crippen MR) is 93.5 cm³/mol. The number of aromatic nitrogens is 2. The van der Waals surface area contributed by atoms with E-state index in [1.807, 2.05) is 0 Å². The minimum absolute atomic E-state index is 0.241. The molecule has 2 N–H and O–H groups in total. The third kappa shape index (κ3) is 7.31. The number of ether oxygens (including phenoxy) is 3. The molecule has 0 unspecified atom stereocenters. The van der Waals surface area contributed by atoms with Crippen molar-refractivity contribution in [1.82, 2.24) is 14.9 Å². The van der Waals surface area contributed by atoms with E-state index in [1.165, 1.54) is 45.8 Å². The van der Waals surface area contributed by atoms with E-state index in [9.17, 15) is 0 Å². The summed E-state index contributed by atoms with van der Waals surface area (Å²) in [5.74, 6) is 0.835. The van der Waals surface area contributed by atoms with Gasteiger partial charge in [-0.15, -0.1) is 0 Å². The Bertz CT molecular complexity index is 467. The third-order valence-corrected chi connectivity index (χ3v) is 4.11. The standard InChI is InChI=1S/C17H30N4O3/c1-22-17-19-15(18)14-16(20-17)24-11-7-5-3-2-4-6-8-21-9-12-23-13-10-21/h14H,2-13H2,1H3,(H2,18,19,20). The quantitative estimate of drug-likeness (QED) is 0.619. The number of morpholine rings is 1. The van der Waals surface area contributed by atoms with E-state index in [2.05, 4.69) is 14.9 Å². The fourth-order valence-corrected chi connectivity index (χ4v) is 2.73. The van der Waals surface area contributed by atoms with E-state index >= 15 is 0 Å². The van der Waals surface area contributed by atoms with Crippen LogP contribution in [-0.2, 0) is 4.74 Å². The van der Waals surface area contributed by atoms with Gasteiger partial charge in [-0.3, -0.25) is 4.90 Å². The third-order valence-electron chi connectivity index (χ3n) is 4.11. The molecule has 0 radical (unpaired) electrons. The second-order valence-corrected chi connectivity index (χ2v) is 6.04. The summed E-state index contributed by atoms with van der Waals surface area (Å²) in [7, 11) is 1.51. The molecule has 24 heavy (non-hydrogen) atoms. The first-order valence-electron chi connectivity index (χ1n) is 8.89. The van der Waals surface area contributed by atoms with Crippen LogP contribution in [0.5, 0.6) is 11.9 Å². The molecule has 1 aliphatic heterocycles. The van der Waals surface area contributed by atoms with E-state index in [1.54, 1.807) is 6.07 Å². The topological polar surface area (TPSA) is 82.7 Å². The lowest BCUT2D eigenvalue weighted by Gasteiger charge is -2.26. The molecule has 1 fully saturated rings. The van der Waals surface area contributed by atoms with Gasteiger partial charge in [0.05, 0.1) is 26.9 Å². The SMILES string of the molecule is COc1nc(N)cc(OCCCCCCCCN2CCOCC2)n1. The highest BCUT2D eigenvalue weighted by atomic mass is 16.5. The molecule has 7 heteroatoms. The average molecular weight is 338 g/mol.